The van der Waals surface area contributed by atoms with Gasteiger partial charge >= 0.3 is 0 Å². The fourth-order valence-electron chi connectivity index (χ4n) is 4.48. The van der Waals surface area contributed by atoms with Gasteiger partial charge in [0.2, 0.25) is 5.91 Å². The molecule has 2 amide bonds. The highest BCUT2D eigenvalue weighted by Gasteiger charge is 2.35. The number of hydrogen-bond donors (Lipinski definition) is 1. The summed E-state index contributed by atoms with van der Waals surface area (Å²) in [5.41, 5.74) is 0.793. The lowest BCUT2D eigenvalue weighted by atomic mass is 10.0. The van der Waals surface area contributed by atoms with Crippen LogP contribution in [0.5, 0.6) is 11.5 Å². The first kappa shape index (κ1) is 24.3. The first-order chi connectivity index (χ1) is 17.0. The van der Waals surface area contributed by atoms with Crippen LogP contribution in [-0.2, 0) is 11.3 Å². The summed E-state index contributed by atoms with van der Waals surface area (Å²) in [6.45, 7) is -0.136. The summed E-state index contributed by atoms with van der Waals surface area (Å²) in [4.78, 5) is 28.7. The Hall–Kier alpha value is -3.81. The highest BCUT2D eigenvalue weighted by molar-refractivity contribution is 5.96. The van der Waals surface area contributed by atoms with Gasteiger partial charge in [-0.3, -0.25) is 9.59 Å². The van der Waals surface area contributed by atoms with Crippen molar-refractivity contribution in [3.8, 4) is 11.5 Å². The van der Waals surface area contributed by atoms with Crippen LogP contribution in [0.3, 0.4) is 0 Å². The van der Waals surface area contributed by atoms with Gasteiger partial charge in [0.25, 0.3) is 5.91 Å². The molecule has 35 heavy (non-hydrogen) atoms. The molecule has 0 spiro atoms. The average molecular weight is 481 g/mol. The minimum absolute atomic E-state index is 0.0270. The standard InChI is InChI=1S/C27H29FN2O5/c1-33-22-14-13-18(16-24(22)34-2)25(26(31)29-20-9-4-5-10-20)30(27(32)23-12-7-15-35-23)17-19-8-3-6-11-21(19)28/h3,6-8,11-16,20,25H,4-5,9-10,17H2,1-2H3,(H,29,31)/t25-/m0/s1. The van der Waals surface area contributed by atoms with Crippen LogP contribution < -0.4 is 14.8 Å². The summed E-state index contributed by atoms with van der Waals surface area (Å²) in [6.07, 6.45) is 5.22. The van der Waals surface area contributed by atoms with Crippen LogP contribution in [0.1, 0.15) is 53.4 Å². The summed E-state index contributed by atoms with van der Waals surface area (Å²) in [5.74, 6) is -0.378. The molecule has 1 atom stereocenters. The number of ether oxygens (including phenoxy) is 2. The minimum atomic E-state index is -1.06. The van der Waals surface area contributed by atoms with E-state index >= 15 is 0 Å². The SMILES string of the molecule is COc1ccc([C@@H](C(=O)NC2CCCC2)N(Cc2ccccc2F)C(=O)c2ccco2)cc1OC. The quantitative estimate of drug-likeness (QED) is 0.472. The van der Waals surface area contributed by atoms with Crippen molar-refractivity contribution in [2.75, 3.05) is 14.2 Å². The van der Waals surface area contributed by atoms with Crippen molar-refractivity contribution in [1.29, 1.82) is 0 Å². The molecule has 3 aromatic rings. The summed E-state index contributed by atoms with van der Waals surface area (Å²) in [7, 11) is 3.02. The maximum atomic E-state index is 14.7. The number of halogens is 1. The first-order valence-electron chi connectivity index (χ1n) is 11.6. The molecular formula is C27H29FN2O5. The van der Waals surface area contributed by atoms with Crippen molar-refractivity contribution in [1.82, 2.24) is 10.2 Å². The molecular weight excluding hydrogens is 451 g/mol. The Morgan fingerprint density at radius 1 is 1.06 bits per heavy atom. The van der Waals surface area contributed by atoms with Gasteiger partial charge in [-0.25, -0.2) is 4.39 Å². The largest absolute Gasteiger partial charge is 0.493 e. The van der Waals surface area contributed by atoms with E-state index in [0.29, 0.717) is 17.1 Å². The van der Waals surface area contributed by atoms with E-state index in [0.717, 1.165) is 25.7 Å². The molecule has 1 aromatic heterocycles. The van der Waals surface area contributed by atoms with E-state index in [9.17, 15) is 14.0 Å². The van der Waals surface area contributed by atoms with Crippen LogP contribution in [0.25, 0.3) is 0 Å². The second kappa shape index (κ2) is 11.1. The molecule has 1 heterocycles. The van der Waals surface area contributed by atoms with E-state index in [2.05, 4.69) is 5.32 Å². The third kappa shape index (κ3) is 5.48. The highest BCUT2D eigenvalue weighted by Crippen LogP contribution is 2.34. The van der Waals surface area contributed by atoms with E-state index in [1.807, 2.05) is 0 Å². The van der Waals surface area contributed by atoms with E-state index < -0.39 is 17.8 Å². The van der Waals surface area contributed by atoms with Crippen molar-refractivity contribution in [2.24, 2.45) is 0 Å². The Kier molecular flexibility index (Phi) is 7.70. The topological polar surface area (TPSA) is 81.0 Å². The van der Waals surface area contributed by atoms with E-state index in [1.54, 1.807) is 42.5 Å². The zero-order valence-electron chi connectivity index (χ0n) is 19.8. The number of amides is 2. The van der Waals surface area contributed by atoms with Crippen molar-refractivity contribution >= 4 is 11.8 Å². The lowest BCUT2D eigenvalue weighted by Crippen LogP contribution is -2.46. The second-order valence-corrected chi connectivity index (χ2v) is 8.51. The summed E-state index contributed by atoms with van der Waals surface area (Å²) >= 11 is 0. The zero-order valence-corrected chi connectivity index (χ0v) is 19.8. The van der Waals surface area contributed by atoms with Crippen LogP contribution in [0.15, 0.2) is 65.3 Å². The molecule has 1 aliphatic carbocycles. The van der Waals surface area contributed by atoms with Crippen LogP contribution in [0.4, 0.5) is 4.39 Å². The van der Waals surface area contributed by atoms with Gasteiger partial charge in [-0.2, -0.15) is 0 Å². The van der Waals surface area contributed by atoms with Gasteiger partial charge in [-0.15, -0.1) is 0 Å². The molecule has 0 radical (unpaired) electrons. The Balaban J connectivity index is 1.80. The minimum Gasteiger partial charge on any atom is -0.493 e. The Bertz CT molecular complexity index is 1160. The average Bonchev–Trinajstić information content (AvgIpc) is 3.59. The van der Waals surface area contributed by atoms with Crippen molar-refractivity contribution in [3.05, 3.63) is 83.6 Å². The van der Waals surface area contributed by atoms with Crippen LogP contribution in [0.2, 0.25) is 0 Å². The Labute approximate surface area is 203 Å². The number of benzene rings is 2. The predicted molar refractivity (Wildman–Crippen MR) is 128 cm³/mol. The molecule has 1 saturated carbocycles. The number of carbonyl (C=O) groups is 2. The molecule has 0 aliphatic heterocycles. The molecule has 1 aliphatic rings. The van der Waals surface area contributed by atoms with Gasteiger partial charge in [0.05, 0.1) is 27.0 Å². The second-order valence-electron chi connectivity index (χ2n) is 8.51. The molecule has 7 nitrogen and oxygen atoms in total. The molecule has 1 fully saturated rings. The van der Waals surface area contributed by atoms with Crippen LogP contribution >= 0.6 is 0 Å². The summed E-state index contributed by atoms with van der Waals surface area (Å²) < 4.78 is 30.8. The first-order valence-corrected chi connectivity index (χ1v) is 11.6. The fraction of sp³-hybridized carbons (Fsp3) is 0.333. The van der Waals surface area contributed by atoms with Crippen LogP contribution in [-0.4, -0.2) is 37.0 Å². The van der Waals surface area contributed by atoms with Gasteiger partial charge in [-0.05, 0) is 48.7 Å². The summed E-state index contributed by atoms with van der Waals surface area (Å²) in [5, 5.41) is 3.10. The molecule has 2 aromatic carbocycles. The molecule has 8 heteroatoms. The Morgan fingerprint density at radius 3 is 2.46 bits per heavy atom. The third-order valence-electron chi connectivity index (χ3n) is 6.28. The van der Waals surface area contributed by atoms with Gasteiger partial charge in [0.1, 0.15) is 11.9 Å². The van der Waals surface area contributed by atoms with E-state index in [1.165, 1.54) is 37.5 Å². The number of rotatable bonds is 9. The number of hydrogen-bond acceptors (Lipinski definition) is 5. The fourth-order valence-corrected chi connectivity index (χ4v) is 4.48. The van der Waals surface area contributed by atoms with E-state index in [4.69, 9.17) is 13.9 Å². The van der Waals surface area contributed by atoms with Crippen molar-refractivity contribution in [2.45, 2.75) is 44.3 Å². The maximum Gasteiger partial charge on any atom is 0.290 e. The third-order valence-corrected chi connectivity index (χ3v) is 6.28. The summed E-state index contributed by atoms with van der Waals surface area (Å²) in [6, 6.07) is 13.3. The normalized spacial score (nSPS) is 14.4. The Morgan fingerprint density at radius 2 is 1.80 bits per heavy atom. The molecule has 1 N–H and O–H groups in total. The number of methoxy groups -OCH3 is 2. The highest BCUT2D eigenvalue weighted by atomic mass is 19.1. The maximum absolute atomic E-state index is 14.7. The van der Waals surface area contributed by atoms with Crippen molar-refractivity contribution in [3.63, 3.8) is 0 Å². The molecule has 0 saturated heterocycles. The van der Waals surface area contributed by atoms with Gasteiger partial charge < -0.3 is 24.1 Å². The number of nitrogens with one attached hydrogen (secondary N) is 1. The molecule has 0 unspecified atom stereocenters. The number of furan rings is 1. The van der Waals surface area contributed by atoms with Crippen LogP contribution in [0, 0.1) is 5.82 Å². The number of nitrogens with zero attached hydrogens (tertiary/aromatic N) is 1. The lowest BCUT2D eigenvalue weighted by molar-refractivity contribution is -0.126. The zero-order chi connectivity index (χ0) is 24.8. The van der Waals surface area contributed by atoms with Gasteiger partial charge in [0.15, 0.2) is 17.3 Å². The molecule has 4 rings (SSSR count). The molecule has 0 bridgehead atoms. The van der Waals surface area contributed by atoms with Gasteiger partial charge in [-0.1, -0.05) is 37.1 Å². The van der Waals surface area contributed by atoms with Crippen molar-refractivity contribution < 1.29 is 27.9 Å². The predicted octanol–water partition coefficient (Wildman–Crippen LogP) is 4.88. The molecule has 184 valence electrons. The van der Waals surface area contributed by atoms with E-state index in [-0.39, 0.29) is 29.8 Å². The smallest absolute Gasteiger partial charge is 0.290 e. The number of carbonyl (C=O) groups excluding carboxylic acids is 2. The lowest BCUT2D eigenvalue weighted by Gasteiger charge is -2.32. The van der Waals surface area contributed by atoms with Gasteiger partial charge in [0, 0.05) is 11.6 Å². The monoisotopic (exact) mass is 480 g/mol.